The minimum atomic E-state index is -0.102. The van der Waals surface area contributed by atoms with Gasteiger partial charge in [-0.25, -0.2) is 4.39 Å². The van der Waals surface area contributed by atoms with Crippen molar-refractivity contribution in [1.29, 1.82) is 0 Å². The Morgan fingerprint density at radius 3 is 2.71 bits per heavy atom. The maximum atomic E-state index is 13.7. The van der Waals surface area contributed by atoms with E-state index in [1.54, 1.807) is 13.0 Å². The molecule has 2 nitrogen and oxygen atoms in total. The van der Waals surface area contributed by atoms with Crippen LogP contribution < -0.4 is 4.90 Å². The summed E-state index contributed by atoms with van der Waals surface area (Å²) in [5.74, 6) is -0.102. The van der Waals surface area contributed by atoms with Crippen molar-refractivity contribution in [3.8, 4) is 0 Å². The Morgan fingerprint density at radius 2 is 2.00 bits per heavy atom. The first-order valence-corrected chi connectivity index (χ1v) is 4.87. The van der Waals surface area contributed by atoms with Crippen LogP contribution in [-0.2, 0) is 4.74 Å². The van der Waals surface area contributed by atoms with E-state index in [0.29, 0.717) is 24.5 Å². The normalized spacial score (nSPS) is 17.1. The fourth-order valence-corrected chi connectivity index (χ4v) is 1.68. The third-order valence-electron chi connectivity index (χ3n) is 2.52. The number of ether oxygens (including phenoxy) is 1. The highest BCUT2D eigenvalue weighted by molar-refractivity contribution is 5.50. The zero-order valence-corrected chi connectivity index (χ0v) is 8.29. The third kappa shape index (κ3) is 1.73. The molecule has 0 atom stereocenters. The van der Waals surface area contributed by atoms with Crippen LogP contribution in [0, 0.1) is 12.7 Å². The molecule has 0 saturated carbocycles. The molecule has 1 aromatic rings. The first-order chi connectivity index (χ1) is 6.79. The second-order valence-corrected chi connectivity index (χ2v) is 3.51. The van der Waals surface area contributed by atoms with Crippen LogP contribution in [0.2, 0.25) is 0 Å². The van der Waals surface area contributed by atoms with Crippen molar-refractivity contribution >= 4 is 5.69 Å². The van der Waals surface area contributed by atoms with Gasteiger partial charge in [0, 0.05) is 13.1 Å². The van der Waals surface area contributed by atoms with Crippen LogP contribution in [0.4, 0.5) is 10.1 Å². The van der Waals surface area contributed by atoms with Gasteiger partial charge in [-0.3, -0.25) is 0 Å². The summed E-state index contributed by atoms with van der Waals surface area (Å²) < 4.78 is 18.9. The molecule has 2 rings (SSSR count). The molecule has 1 saturated heterocycles. The Bertz CT molecular complexity index is 321. The van der Waals surface area contributed by atoms with Crippen LogP contribution >= 0.6 is 0 Å². The minimum absolute atomic E-state index is 0.102. The highest BCUT2D eigenvalue weighted by Gasteiger charge is 2.15. The van der Waals surface area contributed by atoms with Gasteiger partial charge in [0.05, 0.1) is 18.9 Å². The lowest BCUT2D eigenvalue weighted by Crippen LogP contribution is -2.36. The zero-order valence-electron chi connectivity index (χ0n) is 8.29. The van der Waals surface area contributed by atoms with Crippen LogP contribution in [0.25, 0.3) is 0 Å². The summed E-state index contributed by atoms with van der Waals surface area (Å²) in [4.78, 5) is 2.03. The van der Waals surface area contributed by atoms with Gasteiger partial charge in [-0.1, -0.05) is 12.1 Å². The summed E-state index contributed by atoms with van der Waals surface area (Å²) >= 11 is 0. The topological polar surface area (TPSA) is 12.5 Å². The summed E-state index contributed by atoms with van der Waals surface area (Å²) in [7, 11) is 0. The van der Waals surface area contributed by atoms with Crippen molar-refractivity contribution in [3.63, 3.8) is 0 Å². The number of hydrogen-bond donors (Lipinski definition) is 0. The van der Waals surface area contributed by atoms with Crippen molar-refractivity contribution in [2.45, 2.75) is 6.92 Å². The van der Waals surface area contributed by atoms with E-state index in [4.69, 9.17) is 4.74 Å². The molecule has 14 heavy (non-hydrogen) atoms. The van der Waals surface area contributed by atoms with E-state index < -0.39 is 0 Å². The molecule has 76 valence electrons. The van der Waals surface area contributed by atoms with E-state index in [-0.39, 0.29) is 5.82 Å². The maximum Gasteiger partial charge on any atom is 0.149 e. The summed E-state index contributed by atoms with van der Waals surface area (Å²) in [6.45, 7) is 4.72. The summed E-state index contributed by atoms with van der Waals surface area (Å²) in [5, 5.41) is 0. The minimum Gasteiger partial charge on any atom is -0.378 e. The van der Waals surface area contributed by atoms with Crippen molar-refractivity contribution in [3.05, 3.63) is 29.6 Å². The van der Waals surface area contributed by atoms with Gasteiger partial charge in [0.2, 0.25) is 0 Å². The van der Waals surface area contributed by atoms with E-state index >= 15 is 0 Å². The fourth-order valence-electron chi connectivity index (χ4n) is 1.68. The molecule has 0 radical (unpaired) electrons. The lowest BCUT2D eigenvalue weighted by atomic mass is 10.2. The molecule has 0 unspecified atom stereocenters. The van der Waals surface area contributed by atoms with E-state index in [2.05, 4.69) is 0 Å². The van der Waals surface area contributed by atoms with Gasteiger partial charge in [-0.15, -0.1) is 0 Å². The molecule has 1 aliphatic heterocycles. The zero-order chi connectivity index (χ0) is 9.97. The number of anilines is 1. The highest BCUT2D eigenvalue weighted by atomic mass is 19.1. The van der Waals surface area contributed by atoms with Gasteiger partial charge >= 0.3 is 0 Å². The fraction of sp³-hybridized carbons (Fsp3) is 0.455. The number of nitrogens with zero attached hydrogens (tertiary/aromatic N) is 1. The molecule has 0 bridgehead atoms. The largest absolute Gasteiger partial charge is 0.378 e. The average Bonchev–Trinajstić information content (AvgIpc) is 2.23. The second-order valence-electron chi connectivity index (χ2n) is 3.51. The van der Waals surface area contributed by atoms with E-state index in [1.165, 1.54) is 0 Å². The van der Waals surface area contributed by atoms with Crippen LogP contribution in [0.5, 0.6) is 0 Å². The Kier molecular flexibility index (Phi) is 2.68. The smallest absolute Gasteiger partial charge is 0.149 e. The van der Waals surface area contributed by atoms with Gasteiger partial charge in [0.15, 0.2) is 0 Å². The summed E-state index contributed by atoms with van der Waals surface area (Å²) in [6.07, 6.45) is 0. The number of benzene rings is 1. The lowest BCUT2D eigenvalue weighted by Gasteiger charge is -2.29. The Hall–Kier alpha value is -1.09. The van der Waals surface area contributed by atoms with Crippen molar-refractivity contribution < 1.29 is 9.13 Å². The Labute approximate surface area is 83.3 Å². The predicted molar refractivity (Wildman–Crippen MR) is 54.2 cm³/mol. The molecule has 0 spiro atoms. The molecule has 0 aliphatic carbocycles. The molecule has 3 heteroatoms. The lowest BCUT2D eigenvalue weighted by molar-refractivity contribution is 0.122. The number of morpholine rings is 1. The Morgan fingerprint density at radius 1 is 1.29 bits per heavy atom. The standard InChI is InChI=1S/C11H14FNO/c1-9-3-2-4-10(11(9)12)13-5-7-14-8-6-13/h2-4H,5-8H2,1H3. The number of hydrogen-bond acceptors (Lipinski definition) is 2. The van der Waals surface area contributed by atoms with Crippen LogP contribution in [-0.4, -0.2) is 26.3 Å². The predicted octanol–water partition coefficient (Wildman–Crippen LogP) is 1.97. The molecular formula is C11H14FNO. The number of rotatable bonds is 1. The Balaban J connectivity index is 2.26. The SMILES string of the molecule is Cc1cccc(N2CCOCC2)c1F. The molecular weight excluding hydrogens is 181 g/mol. The first kappa shape index (κ1) is 9.46. The molecule has 1 heterocycles. The molecule has 1 aliphatic rings. The first-order valence-electron chi connectivity index (χ1n) is 4.87. The molecule has 0 aromatic heterocycles. The van der Waals surface area contributed by atoms with Crippen LogP contribution in [0.3, 0.4) is 0 Å². The van der Waals surface area contributed by atoms with Gasteiger partial charge in [0.25, 0.3) is 0 Å². The van der Waals surface area contributed by atoms with E-state index in [0.717, 1.165) is 13.1 Å². The number of aryl methyl sites for hydroxylation is 1. The maximum absolute atomic E-state index is 13.7. The quantitative estimate of drug-likeness (QED) is 0.679. The average molecular weight is 195 g/mol. The van der Waals surface area contributed by atoms with Crippen molar-refractivity contribution in [2.24, 2.45) is 0 Å². The van der Waals surface area contributed by atoms with Crippen LogP contribution in [0.15, 0.2) is 18.2 Å². The van der Waals surface area contributed by atoms with Gasteiger partial charge < -0.3 is 9.64 Å². The molecule has 1 fully saturated rings. The molecule has 0 amide bonds. The highest BCUT2D eigenvalue weighted by Crippen LogP contribution is 2.22. The van der Waals surface area contributed by atoms with E-state index in [1.807, 2.05) is 17.0 Å². The monoisotopic (exact) mass is 195 g/mol. The summed E-state index contributed by atoms with van der Waals surface area (Å²) in [5.41, 5.74) is 1.40. The van der Waals surface area contributed by atoms with Crippen molar-refractivity contribution in [2.75, 3.05) is 31.2 Å². The van der Waals surface area contributed by atoms with E-state index in [9.17, 15) is 4.39 Å². The second kappa shape index (κ2) is 3.96. The molecule has 0 N–H and O–H groups in total. The summed E-state index contributed by atoms with van der Waals surface area (Å²) in [6, 6.07) is 5.51. The van der Waals surface area contributed by atoms with Gasteiger partial charge in [-0.2, -0.15) is 0 Å². The van der Waals surface area contributed by atoms with Crippen molar-refractivity contribution in [1.82, 2.24) is 0 Å². The molecule has 1 aromatic carbocycles. The number of halogens is 1. The van der Waals surface area contributed by atoms with Gasteiger partial charge in [0.1, 0.15) is 5.82 Å². The van der Waals surface area contributed by atoms with Crippen LogP contribution in [0.1, 0.15) is 5.56 Å². The van der Waals surface area contributed by atoms with Gasteiger partial charge in [-0.05, 0) is 18.6 Å². The third-order valence-corrected chi connectivity index (χ3v) is 2.52.